The minimum Gasteiger partial charge on any atom is -0.393 e. The van der Waals surface area contributed by atoms with Gasteiger partial charge in [0.15, 0.2) is 5.69 Å². The van der Waals surface area contributed by atoms with Crippen LogP contribution in [0.2, 0.25) is 0 Å². The third-order valence-electron chi connectivity index (χ3n) is 4.74. The first kappa shape index (κ1) is 18.4. The van der Waals surface area contributed by atoms with Crippen LogP contribution in [-0.4, -0.2) is 32.9 Å². The fraction of sp³-hybridized carbons (Fsp3) is 0.444. The molecule has 140 valence electrons. The molecule has 5 nitrogen and oxygen atoms in total. The Labute approximate surface area is 148 Å². The molecule has 8 heteroatoms. The molecule has 1 heterocycles. The quantitative estimate of drug-likeness (QED) is 0.854. The van der Waals surface area contributed by atoms with Gasteiger partial charge >= 0.3 is 6.18 Å². The zero-order chi connectivity index (χ0) is 18.9. The normalized spacial score (nSPS) is 21.1. The Morgan fingerprint density at radius 1 is 1.35 bits per heavy atom. The largest absolute Gasteiger partial charge is 0.435 e. The highest BCUT2D eigenvalue weighted by atomic mass is 19.4. The lowest BCUT2D eigenvalue weighted by Crippen LogP contribution is -2.48. The van der Waals surface area contributed by atoms with Crippen molar-refractivity contribution in [1.29, 1.82) is 0 Å². The highest BCUT2D eigenvalue weighted by Crippen LogP contribution is 2.32. The van der Waals surface area contributed by atoms with Crippen LogP contribution in [0.25, 0.3) is 0 Å². The Morgan fingerprint density at radius 2 is 2.00 bits per heavy atom. The van der Waals surface area contributed by atoms with Gasteiger partial charge in [-0.15, -0.1) is 0 Å². The SMILES string of the molecule is Cn1nc(C(F)(F)F)cc1C(=O)N[C@H](Cc1ccccc1)C1CC(O)C1. The van der Waals surface area contributed by atoms with E-state index in [1.807, 2.05) is 30.3 Å². The first-order chi connectivity index (χ1) is 12.2. The highest BCUT2D eigenvalue weighted by Gasteiger charge is 2.37. The number of benzene rings is 1. The summed E-state index contributed by atoms with van der Waals surface area (Å²) < 4.78 is 39.3. The lowest BCUT2D eigenvalue weighted by molar-refractivity contribution is -0.141. The summed E-state index contributed by atoms with van der Waals surface area (Å²) in [5.74, 6) is -0.512. The third kappa shape index (κ3) is 4.07. The fourth-order valence-corrected chi connectivity index (χ4v) is 3.22. The Balaban J connectivity index is 1.76. The molecular formula is C18H20F3N3O2. The number of rotatable bonds is 5. The minimum atomic E-state index is -4.60. The lowest BCUT2D eigenvalue weighted by atomic mass is 9.75. The number of aliphatic hydroxyl groups excluding tert-OH is 1. The van der Waals surface area contributed by atoms with Crippen LogP contribution in [0.1, 0.15) is 34.6 Å². The summed E-state index contributed by atoms with van der Waals surface area (Å²) in [7, 11) is 1.31. The van der Waals surface area contributed by atoms with Crippen molar-refractivity contribution >= 4 is 5.91 Å². The van der Waals surface area contributed by atoms with Crippen LogP contribution in [0.3, 0.4) is 0 Å². The number of aromatic nitrogens is 2. The summed E-state index contributed by atoms with van der Waals surface area (Å²) in [6.45, 7) is 0. The number of carbonyl (C=O) groups excluding carboxylic acids is 1. The van der Waals surface area contributed by atoms with E-state index < -0.39 is 17.8 Å². The third-order valence-corrected chi connectivity index (χ3v) is 4.74. The van der Waals surface area contributed by atoms with Crippen LogP contribution >= 0.6 is 0 Å². The van der Waals surface area contributed by atoms with Crippen LogP contribution in [0, 0.1) is 5.92 Å². The number of carbonyl (C=O) groups is 1. The smallest absolute Gasteiger partial charge is 0.393 e. The number of nitrogens with one attached hydrogen (secondary N) is 1. The van der Waals surface area contributed by atoms with E-state index in [1.165, 1.54) is 7.05 Å². The molecule has 0 aliphatic heterocycles. The average Bonchev–Trinajstić information content (AvgIpc) is 2.94. The lowest BCUT2D eigenvalue weighted by Gasteiger charge is -2.38. The molecule has 1 aliphatic carbocycles. The summed E-state index contributed by atoms with van der Waals surface area (Å²) >= 11 is 0. The molecule has 0 unspecified atom stereocenters. The van der Waals surface area contributed by atoms with Crippen LogP contribution in [0.15, 0.2) is 36.4 Å². The van der Waals surface area contributed by atoms with Crippen molar-refractivity contribution in [3.05, 3.63) is 53.3 Å². The van der Waals surface area contributed by atoms with Crippen LogP contribution in [0.4, 0.5) is 13.2 Å². The Kier molecular flexibility index (Phi) is 5.04. The molecule has 0 saturated heterocycles. The van der Waals surface area contributed by atoms with Crippen molar-refractivity contribution in [3.8, 4) is 0 Å². The zero-order valence-electron chi connectivity index (χ0n) is 14.2. The molecule has 1 atom stereocenters. The fourth-order valence-electron chi connectivity index (χ4n) is 3.22. The number of halogens is 3. The molecule has 3 rings (SSSR count). The van der Waals surface area contributed by atoms with Gasteiger partial charge in [0.25, 0.3) is 5.91 Å². The van der Waals surface area contributed by atoms with Crippen molar-refractivity contribution in [3.63, 3.8) is 0 Å². The van der Waals surface area contributed by atoms with Crippen molar-refractivity contribution in [2.24, 2.45) is 13.0 Å². The second-order valence-corrected chi connectivity index (χ2v) is 6.69. The molecule has 0 bridgehead atoms. The predicted octanol–water partition coefficient (Wildman–Crippen LogP) is 2.55. The summed E-state index contributed by atoms with van der Waals surface area (Å²) in [5.41, 5.74) is -0.223. The number of alkyl halides is 3. The molecule has 1 fully saturated rings. The monoisotopic (exact) mass is 367 g/mol. The molecule has 1 aromatic carbocycles. The molecule has 2 N–H and O–H groups in total. The van der Waals surface area contributed by atoms with Gasteiger partial charge in [-0.3, -0.25) is 9.48 Å². The summed E-state index contributed by atoms with van der Waals surface area (Å²) in [4.78, 5) is 12.5. The maximum Gasteiger partial charge on any atom is 0.435 e. The molecular weight excluding hydrogens is 347 g/mol. The predicted molar refractivity (Wildman–Crippen MR) is 88.3 cm³/mol. The van der Waals surface area contributed by atoms with Gasteiger partial charge < -0.3 is 10.4 Å². The minimum absolute atomic E-state index is 0.0875. The molecule has 26 heavy (non-hydrogen) atoms. The van der Waals surface area contributed by atoms with Crippen molar-refractivity contribution < 1.29 is 23.1 Å². The van der Waals surface area contributed by atoms with Crippen LogP contribution in [-0.2, 0) is 19.6 Å². The Hall–Kier alpha value is -2.35. The van der Waals surface area contributed by atoms with Gasteiger partial charge in [-0.1, -0.05) is 30.3 Å². The first-order valence-electron chi connectivity index (χ1n) is 8.38. The standard InChI is InChI=1S/C18H20F3N3O2/c1-24-15(10-16(23-24)18(19,20)21)17(26)22-14(12-8-13(25)9-12)7-11-5-3-2-4-6-11/h2-6,10,12-14,25H,7-9H2,1H3,(H,22,26)/t12?,13?,14-/m1/s1. The molecule has 0 spiro atoms. The van der Waals surface area contributed by atoms with Crippen LogP contribution in [0.5, 0.6) is 0 Å². The van der Waals surface area contributed by atoms with Crippen molar-refractivity contribution in [1.82, 2.24) is 15.1 Å². The van der Waals surface area contributed by atoms with E-state index in [0.29, 0.717) is 19.3 Å². The number of nitrogens with zero attached hydrogens (tertiary/aromatic N) is 2. The zero-order valence-corrected chi connectivity index (χ0v) is 14.2. The number of hydrogen-bond acceptors (Lipinski definition) is 3. The van der Waals surface area contributed by atoms with E-state index >= 15 is 0 Å². The van der Waals surface area contributed by atoms with Gasteiger partial charge in [0, 0.05) is 19.2 Å². The van der Waals surface area contributed by atoms with E-state index in [0.717, 1.165) is 16.3 Å². The molecule has 1 amide bonds. The van der Waals surface area contributed by atoms with Gasteiger partial charge in [-0.05, 0) is 30.7 Å². The molecule has 1 saturated carbocycles. The van der Waals surface area contributed by atoms with E-state index in [2.05, 4.69) is 10.4 Å². The van der Waals surface area contributed by atoms with Gasteiger partial charge in [0.05, 0.1) is 6.10 Å². The van der Waals surface area contributed by atoms with Crippen LogP contribution < -0.4 is 5.32 Å². The first-order valence-corrected chi connectivity index (χ1v) is 8.38. The number of aryl methyl sites for hydroxylation is 1. The summed E-state index contributed by atoms with van der Waals surface area (Å²) in [5, 5.41) is 15.8. The van der Waals surface area contributed by atoms with Crippen molar-refractivity contribution in [2.45, 2.75) is 37.6 Å². The molecule has 1 aliphatic rings. The number of amides is 1. The van der Waals surface area contributed by atoms with E-state index in [1.54, 1.807) is 0 Å². The number of aliphatic hydroxyl groups is 1. The van der Waals surface area contributed by atoms with Gasteiger partial charge in [-0.2, -0.15) is 18.3 Å². The summed E-state index contributed by atoms with van der Waals surface area (Å²) in [6.07, 6.45) is -3.30. The van der Waals surface area contributed by atoms with E-state index in [4.69, 9.17) is 0 Å². The maximum absolute atomic E-state index is 12.8. The molecule has 2 aromatic rings. The van der Waals surface area contributed by atoms with Gasteiger partial charge in [-0.25, -0.2) is 0 Å². The average molecular weight is 367 g/mol. The highest BCUT2D eigenvalue weighted by molar-refractivity contribution is 5.93. The Bertz CT molecular complexity index is 768. The van der Waals surface area contributed by atoms with E-state index in [9.17, 15) is 23.1 Å². The van der Waals surface area contributed by atoms with Gasteiger partial charge in [0.1, 0.15) is 5.69 Å². The Morgan fingerprint density at radius 3 is 2.54 bits per heavy atom. The van der Waals surface area contributed by atoms with Gasteiger partial charge in [0.2, 0.25) is 0 Å². The summed E-state index contributed by atoms with van der Waals surface area (Å²) in [6, 6.07) is 10.0. The topological polar surface area (TPSA) is 67.2 Å². The maximum atomic E-state index is 12.8. The van der Waals surface area contributed by atoms with E-state index in [-0.39, 0.29) is 23.8 Å². The molecule has 1 aromatic heterocycles. The second kappa shape index (κ2) is 7.11. The van der Waals surface area contributed by atoms with Crippen molar-refractivity contribution in [2.75, 3.05) is 0 Å². The second-order valence-electron chi connectivity index (χ2n) is 6.69. The number of hydrogen-bond donors (Lipinski definition) is 2. The molecule has 0 radical (unpaired) electrons.